The summed E-state index contributed by atoms with van der Waals surface area (Å²) in [7, 11) is 2.73. The number of β-lactam (4-membered cyclic amide) rings is 1. The molecule has 0 aromatic carbocycles. The van der Waals surface area contributed by atoms with Gasteiger partial charge < -0.3 is 30.1 Å². The number of ether oxygens (including phenoxy) is 3. The SMILES string of the molecule is CCC(=O)OCOC(=O)C1=C(COC)CS[C@H]2C(NC(=O)C(=NOC)c3csc(N)n3)C(=O)N12. The number of thioether (sulfide) groups is 1. The lowest BCUT2D eigenvalue weighted by Crippen LogP contribution is -2.71. The Morgan fingerprint density at radius 2 is 2.09 bits per heavy atom. The highest BCUT2D eigenvalue weighted by Gasteiger charge is 2.54. The molecule has 1 saturated heterocycles. The van der Waals surface area contributed by atoms with Gasteiger partial charge in [-0.05, 0) is 5.57 Å². The second-order valence-corrected chi connectivity index (χ2v) is 8.85. The van der Waals surface area contributed by atoms with E-state index in [1.165, 1.54) is 36.3 Å². The van der Waals surface area contributed by atoms with Crippen molar-refractivity contribution in [3.8, 4) is 0 Å². The monoisotopic (exact) mass is 513 g/mol. The van der Waals surface area contributed by atoms with Crippen LogP contribution in [0.4, 0.5) is 5.13 Å². The number of carbonyl (C=O) groups is 4. The molecule has 3 rings (SSSR count). The molecular formula is C19H23N5O8S2. The third-order valence-corrected chi connectivity index (χ3v) is 6.72. The molecule has 0 spiro atoms. The number of oxime groups is 1. The molecule has 2 aliphatic rings. The first-order valence-electron chi connectivity index (χ1n) is 9.94. The summed E-state index contributed by atoms with van der Waals surface area (Å²) in [5.41, 5.74) is 6.23. The predicted molar refractivity (Wildman–Crippen MR) is 121 cm³/mol. The van der Waals surface area contributed by atoms with E-state index in [2.05, 4.69) is 15.5 Å². The van der Waals surface area contributed by atoms with Crippen molar-refractivity contribution in [2.75, 3.05) is 39.1 Å². The molecule has 0 aliphatic carbocycles. The number of nitrogen functional groups attached to an aromatic ring is 1. The molecule has 2 atom stereocenters. The van der Waals surface area contributed by atoms with Crippen LogP contribution in [0.2, 0.25) is 0 Å². The number of nitrogens with zero attached hydrogens (tertiary/aromatic N) is 3. The number of fused-ring (bicyclic) bond motifs is 1. The minimum Gasteiger partial charge on any atom is -0.428 e. The van der Waals surface area contributed by atoms with E-state index in [-0.39, 0.29) is 35.3 Å². The summed E-state index contributed by atoms with van der Waals surface area (Å²) in [6.07, 6.45) is 0.127. The number of nitrogens with one attached hydrogen (secondary N) is 1. The van der Waals surface area contributed by atoms with Gasteiger partial charge >= 0.3 is 11.9 Å². The molecule has 0 radical (unpaired) electrons. The molecule has 0 bridgehead atoms. The van der Waals surface area contributed by atoms with Crippen LogP contribution in [-0.2, 0) is 38.2 Å². The first-order valence-corrected chi connectivity index (χ1v) is 11.9. The number of hydrogen-bond donors (Lipinski definition) is 2. The van der Waals surface area contributed by atoms with E-state index in [4.69, 9.17) is 24.8 Å². The Kier molecular flexibility index (Phi) is 8.46. The van der Waals surface area contributed by atoms with Gasteiger partial charge in [-0.15, -0.1) is 23.1 Å². The van der Waals surface area contributed by atoms with Gasteiger partial charge in [-0.3, -0.25) is 19.3 Å². The summed E-state index contributed by atoms with van der Waals surface area (Å²) in [6.45, 7) is 1.12. The lowest BCUT2D eigenvalue weighted by atomic mass is 10.0. The van der Waals surface area contributed by atoms with Gasteiger partial charge in [0, 0.05) is 24.7 Å². The number of methoxy groups -OCH3 is 1. The van der Waals surface area contributed by atoms with Gasteiger partial charge in [0.25, 0.3) is 11.8 Å². The first-order chi connectivity index (χ1) is 16.3. The van der Waals surface area contributed by atoms with Crippen molar-refractivity contribution >= 4 is 57.7 Å². The van der Waals surface area contributed by atoms with Crippen LogP contribution in [-0.4, -0.2) is 84.1 Å². The van der Waals surface area contributed by atoms with E-state index in [1.807, 2.05) is 0 Å². The second-order valence-electron chi connectivity index (χ2n) is 6.86. The Morgan fingerprint density at radius 3 is 2.71 bits per heavy atom. The molecule has 13 nitrogen and oxygen atoms in total. The molecule has 0 saturated carbocycles. The van der Waals surface area contributed by atoms with E-state index in [1.54, 1.807) is 6.92 Å². The quantitative estimate of drug-likeness (QED) is 0.140. The summed E-state index contributed by atoms with van der Waals surface area (Å²) in [5.74, 6) is -2.22. The van der Waals surface area contributed by atoms with Crippen LogP contribution in [0.5, 0.6) is 0 Å². The normalized spacial score (nSPS) is 19.8. The number of hydrogen-bond acceptors (Lipinski definition) is 13. The molecule has 3 N–H and O–H groups in total. The van der Waals surface area contributed by atoms with E-state index in [9.17, 15) is 19.2 Å². The second kappa shape index (κ2) is 11.3. The van der Waals surface area contributed by atoms with Crippen LogP contribution in [0.15, 0.2) is 21.8 Å². The summed E-state index contributed by atoms with van der Waals surface area (Å²) in [4.78, 5) is 59.8. The van der Waals surface area contributed by atoms with Crippen LogP contribution < -0.4 is 11.1 Å². The van der Waals surface area contributed by atoms with Crippen LogP contribution in [0.25, 0.3) is 0 Å². The minimum atomic E-state index is -0.930. The number of nitrogens with two attached hydrogens (primary N) is 1. The van der Waals surface area contributed by atoms with E-state index < -0.39 is 42.0 Å². The molecule has 3 heterocycles. The van der Waals surface area contributed by atoms with Crippen molar-refractivity contribution in [1.82, 2.24) is 15.2 Å². The largest absolute Gasteiger partial charge is 0.428 e. The number of esters is 2. The number of aromatic nitrogens is 1. The zero-order valence-corrected chi connectivity index (χ0v) is 20.2. The summed E-state index contributed by atoms with van der Waals surface area (Å²) in [6, 6.07) is -0.930. The van der Waals surface area contributed by atoms with Crippen LogP contribution in [0, 0.1) is 0 Å². The van der Waals surface area contributed by atoms with Crippen LogP contribution in [0.3, 0.4) is 0 Å². The number of anilines is 1. The Balaban J connectivity index is 1.74. The third kappa shape index (κ3) is 5.31. The molecule has 2 amide bonds. The van der Waals surface area contributed by atoms with Crippen molar-refractivity contribution < 1.29 is 38.2 Å². The maximum absolute atomic E-state index is 13.0. The maximum atomic E-state index is 13.0. The van der Waals surface area contributed by atoms with Gasteiger partial charge in [-0.2, -0.15) is 0 Å². The molecule has 1 unspecified atom stereocenters. The highest BCUT2D eigenvalue weighted by molar-refractivity contribution is 8.00. The fourth-order valence-electron chi connectivity index (χ4n) is 3.18. The van der Waals surface area contributed by atoms with E-state index >= 15 is 0 Å². The van der Waals surface area contributed by atoms with Crippen molar-refractivity contribution in [3.05, 3.63) is 22.3 Å². The van der Waals surface area contributed by atoms with Crippen molar-refractivity contribution in [1.29, 1.82) is 0 Å². The van der Waals surface area contributed by atoms with Gasteiger partial charge in [0.1, 0.15) is 29.9 Å². The molecule has 15 heteroatoms. The highest BCUT2D eigenvalue weighted by atomic mass is 32.2. The standard InChI is InChI=1S/C19H23N5O8S2/c1-4-11(25)31-8-32-18(28)14-9(5-29-2)6-33-17-13(16(27)24(14)17)22-15(26)12(23-30-3)10-7-34-19(20)21-10/h7,13,17H,4-6,8H2,1-3H3,(H2,20,21)(H,22,26)/t13?,17-/m0/s1. The zero-order chi connectivity index (χ0) is 24.8. The van der Waals surface area contributed by atoms with Gasteiger partial charge in [-0.1, -0.05) is 12.1 Å². The summed E-state index contributed by atoms with van der Waals surface area (Å²) >= 11 is 2.47. The van der Waals surface area contributed by atoms with E-state index in [0.29, 0.717) is 11.3 Å². The third-order valence-electron chi connectivity index (χ3n) is 4.71. The van der Waals surface area contributed by atoms with Crippen molar-refractivity contribution in [2.24, 2.45) is 5.16 Å². The van der Waals surface area contributed by atoms with Gasteiger partial charge in [-0.25, -0.2) is 9.78 Å². The lowest BCUT2D eigenvalue weighted by molar-refractivity contribution is -0.167. The molecular weight excluding hydrogens is 490 g/mol. The number of thiazole rings is 1. The fraction of sp³-hybridized carbons (Fsp3) is 0.474. The van der Waals surface area contributed by atoms with Gasteiger partial charge in [0.2, 0.25) is 6.79 Å². The average molecular weight is 514 g/mol. The molecule has 34 heavy (non-hydrogen) atoms. The molecule has 1 aromatic heterocycles. The maximum Gasteiger partial charge on any atom is 0.358 e. The van der Waals surface area contributed by atoms with Crippen LogP contribution in [0.1, 0.15) is 19.0 Å². The molecule has 1 fully saturated rings. The Morgan fingerprint density at radius 1 is 1.32 bits per heavy atom. The molecule has 1 aromatic rings. The van der Waals surface area contributed by atoms with Gasteiger partial charge in [0.05, 0.1) is 6.61 Å². The zero-order valence-electron chi connectivity index (χ0n) is 18.6. The topological polar surface area (TPSA) is 172 Å². The Labute approximate surface area is 202 Å². The number of amides is 2. The average Bonchev–Trinajstić information content (AvgIpc) is 3.26. The number of carbonyl (C=O) groups excluding carboxylic acids is 4. The molecule has 2 aliphatic heterocycles. The van der Waals surface area contributed by atoms with E-state index in [0.717, 1.165) is 11.3 Å². The fourth-order valence-corrected chi connectivity index (χ4v) is 5.05. The Bertz CT molecular complexity index is 1040. The minimum absolute atomic E-state index is 0.00621. The van der Waals surface area contributed by atoms with Gasteiger partial charge in [0.15, 0.2) is 10.8 Å². The number of rotatable bonds is 10. The first kappa shape index (κ1) is 25.5. The Hall–Kier alpha value is -3.17. The predicted octanol–water partition coefficient (Wildman–Crippen LogP) is -0.170. The lowest BCUT2D eigenvalue weighted by Gasteiger charge is -2.49. The van der Waals surface area contributed by atoms with Crippen molar-refractivity contribution in [3.63, 3.8) is 0 Å². The molecule has 184 valence electrons. The summed E-state index contributed by atoms with van der Waals surface area (Å²) < 4.78 is 15.0. The van der Waals surface area contributed by atoms with Crippen molar-refractivity contribution in [2.45, 2.75) is 24.8 Å². The smallest absolute Gasteiger partial charge is 0.358 e. The van der Waals surface area contributed by atoms with Crippen LogP contribution >= 0.6 is 23.1 Å². The highest BCUT2D eigenvalue weighted by Crippen LogP contribution is 2.40. The summed E-state index contributed by atoms with van der Waals surface area (Å²) in [5, 5.41) is 7.53.